The van der Waals surface area contributed by atoms with Crippen molar-refractivity contribution in [3.05, 3.63) is 0 Å². The average molecular weight is 380 g/mol. The van der Waals surface area contributed by atoms with Gasteiger partial charge in [0.25, 0.3) is 10.2 Å². The first-order chi connectivity index (χ1) is 11.2. The average Bonchev–Trinajstić information content (AvgIpc) is 2.76. The molecule has 1 aliphatic heterocycles. The Morgan fingerprint density at radius 3 is 2.44 bits per heavy atom. The highest BCUT2D eigenvalue weighted by Gasteiger charge is 2.53. The Kier molecular flexibility index (Phi) is 7.01. The van der Waals surface area contributed by atoms with Crippen LogP contribution in [0.5, 0.6) is 0 Å². The number of carboxylic acid groups (broad SMARTS) is 1. The molecule has 1 heterocycles. The summed E-state index contributed by atoms with van der Waals surface area (Å²) in [6.07, 6.45) is 0.673. The predicted molar refractivity (Wildman–Crippen MR) is 93.7 cm³/mol. The van der Waals surface area contributed by atoms with Crippen LogP contribution in [0.4, 0.5) is 0 Å². The molecule has 1 aliphatic rings. The Bertz CT molecular complexity index is 582. The van der Waals surface area contributed by atoms with Crippen LogP contribution in [-0.2, 0) is 15.0 Å². The van der Waals surface area contributed by atoms with Crippen molar-refractivity contribution in [1.29, 1.82) is 0 Å². The summed E-state index contributed by atoms with van der Waals surface area (Å²) in [5.74, 6) is -1.90. The maximum Gasteiger partial charge on any atom is 0.451 e. The van der Waals surface area contributed by atoms with Crippen LogP contribution in [0.2, 0.25) is 6.32 Å². The molecule has 0 amide bonds. The van der Waals surface area contributed by atoms with E-state index in [1.807, 2.05) is 0 Å². The highest BCUT2D eigenvalue weighted by atomic mass is 32.2. The maximum absolute atomic E-state index is 12.7. The van der Waals surface area contributed by atoms with Crippen LogP contribution in [-0.4, -0.2) is 83.0 Å². The van der Waals surface area contributed by atoms with Gasteiger partial charge >= 0.3 is 13.1 Å². The number of aliphatic carboxylic acids is 1. The standard InChI is InChI=1S/C13H29BN4O6S/c1-12(2,15)8-17(3)25(23,24)18-7-10(5-4-6-14(21)22)13(16,9-18)11(19)20/h10,21-22H,4-9,15-16H2,1-3H3,(H,19,20)/t10-,13-/m0/s1. The van der Waals surface area contributed by atoms with E-state index in [0.29, 0.717) is 6.42 Å². The molecule has 0 aromatic carbocycles. The van der Waals surface area contributed by atoms with Gasteiger partial charge in [-0.2, -0.15) is 17.0 Å². The summed E-state index contributed by atoms with van der Waals surface area (Å²) in [5, 5.41) is 27.3. The van der Waals surface area contributed by atoms with Gasteiger partial charge < -0.3 is 26.6 Å². The molecule has 25 heavy (non-hydrogen) atoms. The topological polar surface area (TPSA) is 170 Å². The summed E-state index contributed by atoms with van der Waals surface area (Å²) in [6, 6.07) is 0. The van der Waals surface area contributed by atoms with E-state index in [9.17, 15) is 18.3 Å². The van der Waals surface area contributed by atoms with Gasteiger partial charge in [0.2, 0.25) is 0 Å². The zero-order chi connectivity index (χ0) is 19.6. The van der Waals surface area contributed by atoms with Crippen LogP contribution in [0.1, 0.15) is 26.7 Å². The summed E-state index contributed by atoms with van der Waals surface area (Å²) in [7, 11) is -4.01. The van der Waals surface area contributed by atoms with E-state index in [1.54, 1.807) is 13.8 Å². The normalized spacial score (nSPS) is 25.5. The van der Waals surface area contributed by atoms with Crippen LogP contribution in [0.25, 0.3) is 0 Å². The minimum Gasteiger partial charge on any atom is -0.480 e. The van der Waals surface area contributed by atoms with Crippen molar-refractivity contribution in [1.82, 2.24) is 8.61 Å². The van der Waals surface area contributed by atoms with E-state index < -0.39 is 40.3 Å². The van der Waals surface area contributed by atoms with Gasteiger partial charge in [0, 0.05) is 38.1 Å². The fourth-order valence-corrected chi connectivity index (χ4v) is 4.70. The number of rotatable bonds is 9. The quantitative estimate of drug-likeness (QED) is 0.282. The number of carboxylic acids is 1. The second kappa shape index (κ2) is 7.86. The lowest BCUT2D eigenvalue weighted by Crippen LogP contribution is -2.56. The number of nitrogens with zero attached hydrogens (tertiary/aromatic N) is 2. The first kappa shape index (κ1) is 22.3. The smallest absolute Gasteiger partial charge is 0.451 e. The second-order valence-corrected chi connectivity index (χ2v) is 9.53. The fourth-order valence-electron chi connectivity index (χ4n) is 3.06. The number of carbonyl (C=O) groups is 1. The van der Waals surface area contributed by atoms with Crippen LogP contribution in [0.15, 0.2) is 0 Å². The number of hydrogen-bond acceptors (Lipinski definition) is 7. The van der Waals surface area contributed by atoms with Crippen molar-refractivity contribution >= 4 is 23.3 Å². The van der Waals surface area contributed by atoms with Crippen molar-refractivity contribution in [3.63, 3.8) is 0 Å². The predicted octanol–water partition coefficient (Wildman–Crippen LogP) is -2.13. The van der Waals surface area contributed by atoms with Crippen molar-refractivity contribution < 1.29 is 28.4 Å². The lowest BCUT2D eigenvalue weighted by molar-refractivity contribution is -0.144. The summed E-state index contributed by atoms with van der Waals surface area (Å²) in [5.41, 5.74) is 9.41. The summed E-state index contributed by atoms with van der Waals surface area (Å²) >= 11 is 0. The minimum atomic E-state index is -3.91. The molecule has 0 radical (unpaired) electrons. The molecule has 1 fully saturated rings. The molecular formula is C13H29BN4O6S. The minimum absolute atomic E-state index is 0.0397. The van der Waals surface area contributed by atoms with E-state index in [1.165, 1.54) is 7.05 Å². The molecule has 2 atom stereocenters. The molecule has 0 aromatic heterocycles. The monoisotopic (exact) mass is 380 g/mol. The molecule has 0 aliphatic carbocycles. The van der Waals surface area contributed by atoms with Gasteiger partial charge in [0.15, 0.2) is 0 Å². The zero-order valence-electron chi connectivity index (χ0n) is 14.9. The molecule has 1 rings (SSSR count). The van der Waals surface area contributed by atoms with Crippen LogP contribution in [0, 0.1) is 5.92 Å². The highest BCUT2D eigenvalue weighted by Crippen LogP contribution is 2.32. The SMILES string of the molecule is CN(CC(C)(C)N)S(=O)(=O)N1C[C@H](CCCB(O)O)[C@](N)(C(=O)O)C1. The van der Waals surface area contributed by atoms with Crippen molar-refractivity contribution in [2.24, 2.45) is 17.4 Å². The van der Waals surface area contributed by atoms with Crippen LogP contribution in [0.3, 0.4) is 0 Å². The van der Waals surface area contributed by atoms with E-state index in [0.717, 1.165) is 8.61 Å². The van der Waals surface area contributed by atoms with Gasteiger partial charge in [-0.15, -0.1) is 0 Å². The molecular weight excluding hydrogens is 351 g/mol. The Hall–Kier alpha value is -0.755. The number of nitrogens with two attached hydrogens (primary N) is 2. The first-order valence-corrected chi connectivity index (χ1v) is 9.48. The molecule has 0 bridgehead atoms. The van der Waals surface area contributed by atoms with Gasteiger partial charge in [-0.3, -0.25) is 4.79 Å². The van der Waals surface area contributed by atoms with Gasteiger partial charge in [0.1, 0.15) is 5.54 Å². The summed E-state index contributed by atoms with van der Waals surface area (Å²) in [4.78, 5) is 11.6. The van der Waals surface area contributed by atoms with Crippen LogP contribution >= 0.6 is 0 Å². The van der Waals surface area contributed by atoms with E-state index in [-0.39, 0.29) is 32.4 Å². The largest absolute Gasteiger partial charge is 0.480 e. The highest BCUT2D eigenvalue weighted by molar-refractivity contribution is 7.86. The third kappa shape index (κ3) is 5.61. The van der Waals surface area contributed by atoms with E-state index in [4.69, 9.17) is 21.5 Å². The Balaban J connectivity index is 2.94. The Morgan fingerprint density at radius 1 is 1.44 bits per heavy atom. The number of hydrogen-bond donors (Lipinski definition) is 5. The summed E-state index contributed by atoms with van der Waals surface area (Å²) in [6.45, 7) is 3.07. The number of likely N-dealkylation sites (N-methyl/N-ethyl adjacent to an activating group) is 1. The third-order valence-electron chi connectivity index (χ3n) is 4.35. The van der Waals surface area contributed by atoms with Gasteiger partial charge in [0.05, 0.1) is 0 Å². The molecule has 7 N–H and O–H groups in total. The molecule has 146 valence electrons. The fraction of sp³-hybridized carbons (Fsp3) is 0.923. The third-order valence-corrected chi connectivity index (χ3v) is 6.20. The Labute approximate surface area is 149 Å². The Morgan fingerprint density at radius 2 is 2.00 bits per heavy atom. The van der Waals surface area contributed by atoms with Crippen LogP contribution < -0.4 is 11.5 Å². The molecule has 12 heteroatoms. The first-order valence-electron chi connectivity index (χ1n) is 8.09. The van der Waals surface area contributed by atoms with Crippen molar-refractivity contribution in [2.45, 2.75) is 44.1 Å². The molecule has 1 saturated heterocycles. The summed E-state index contributed by atoms with van der Waals surface area (Å²) < 4.78 is 27.6. The zero-order valence-corrected chi connectivity index (χ0v) is 15.7. The molecule has 0 saturated carbocycles. The van der Waals surface area contributed by atoms with Gasteiger partial charge in [-0.25, -0.2) is 0 Å². The lowest BCUT2D eigenvalue weighted by Gasteiger charge is -2.29. The molecule has 0 spiro atoms. The molecule has 0 unspecified atom stereocenters. The lowest BCUT2D eigenvalue weighted by atomic mass is 9.78. The van der Waals surface area contributed by atoms with Gasteiger partial charge in [-0.1, -0.05) is 6.42 Å². The van der Waals surface area contributed by atoms with Crippen molar-refractivity contribution in [2.75, 3.05) is 26.7 Å². The van der Waals surface area contributed by atoms with E-state index >= 15 is 0 Å². The molecule has 0 aromatic rings. The van der Waals surface area contributed by atoms with E-state index in [2.05, 4.69) is 0 Å². The second-order valence-electron chi connectivity index (χ2n) is 7.50. The maximum atomic E-state index is 12.7. The molecule has 10 nitrogen and oxygen atoms in total. The van der Waals surface area contributed by atoms with Gasteiger partial charge in [-0.05, 0) is 26.6 Å². The van der Waals surface area contributed by atoms with Crippen molar-refractivity contribution in [3.8, 4) is 0 Å².